The zero-order chi connectivity index (χ0) is 17.3. The van der Waals surface area contributed by atoms with Crippen LogP contribution in [0.15, 0.2) is 12.3 Å². The molecule has 0 amide bonds. The summed E-state index contributed by atoms with van der Waals surface area (Å²) in [6.45, 7) is 1.80. The molecule has 0 aliphatic heterocycles. The van der Waals surface area contributed by atoms with Gasteiger partial charge in [0.05, 0.1) is 25.9 Å². The second kappa shape index (κ2) is 6.86. The molecule has 8 heteroatoms. The Labute approximate surface area is 145 Å². The second-order valence-corrected chi connectivity index (χ2v) is 6.30. The van der Waals surface area contributed by atoms with Crippen LogP contribution in [0.3, 0.4) is 0 Å². The first-order valence-corrected chi connectivity index (χ1v) is 8.07. The Morgan fingerprint density at radius 2 is 2.12 bits per heavy atom. The SMILES string of the molecule is COc1ncc(-c2cc([C@H]3C[C@H]3CC(C)O)c(Cl)nn2)c(OC)n1. The van der Waals surface area contributed by atoms with Gasteiger partial charge in [-0.3, -0.25) is 0 Å². The summed E-state index contributed by atoms with van der Waals surface area (Å²) in [5.41, 5.74) is 2.15. The fourth-order valence-electron chi connectivity index (χ4n) is 2.89. The maximum Gasteiger partial charge on any atom is 0.319 e. The highest BCUT2D eigenvalue weighted by Gasteiger charge is 2.40. The van der Waals surface area contributed by atoms with Crippen molar-refractivity contribution in [2.75, 3.05) is 14.2 Å². The van der Waals surface area contributed by atoms with Gasteiger partial charge in [-0.1, -0.05) is 11.6 Å². The minimum atomic E-state index is -0.317. The quantitative estimate of drug-likeness (QED) is 0.855. The minimum Gasteiger partial charge on any atom is -0.480 e. The van der Waals surface area contributed by atoms with Gasteiger partial charge in [-0.2, -0.15) is 4.98 Å². The summed E-state index contributed by atoms with van der Waals surface area (Å²) in [4.78, 5) is 8.27. The number of aromatic nitrogens is 4. The molecule has 3 rings (SSSR count). The van der Waals surface area contributed by atoms with E-state index in [2.05, 4.69) is 20.2 Å². The van der Waals surface area contributed by atoms with Gasteiger partial charge in [-0.05, 0) is 43.2 Å². The van der Waals surface area contributed by atoms with E-state index < -0.39 is 0 Å². The fourth-order valence-corrected chi connectivity index (χ4v) is 3.12. The predicted octanol–water partition coefficient (Wildman–Crippen LogP) is 2.48. The van der Waals surface area contributed by atoms with Gasteiger partial charge in [-0.15, -0.1) is 10.2 Å². The summed E-state index contributed by atoms with van der Waals surface area (Å²) < 4.78 is 10.3. The van der Waals surface area contributed by atoms with Gasteiger partial charge in [0.15, 0.2) is 5.15 Å². The van der Waals surface area contributed by atoms with Gasteiger partial charge < -0.3 is 14.6 Å². The molecule has 0 radical (unpaired) electrons. The van der Waals surface area contributed by atoms with Crippen LogP contribution in [-0.4, -0.2) is 45.6 Å². The van der Waals surface area contributed by atoms with E-state index in [-0.39, 0.29) is 12.1 Å². The highest BCUT2D eigenvalue weighted by Crippen LogP contribution is 2.52. The number of nitrogens with zero attached hydrogens (tertiary/aromatic N) is 4. The molecule has 1 saturated carbocycles. The molecule has 128 valence electrons. The van der Waals surface area contributed by atoms with Gasteiger partial charge >= 0.3 is 6.01 Å². The molecule has 2 aromatic heterocycles. The molecule has 1 aliphatic carbocycles. The fraction of sp³-hybridized carbons (Fsp3) is 0.500. The van der Waals surface area contributed by atoms with Crippen molar-refractivity contribution in [3.05, 3.63) is 23.0 Å². The Balaban J connectivity index is 1.92. The summed E-state index contributed by atoms with van der Waals surface area (Å²) in [5.74, 6) is 1.08. The van der Waals surface area contributed by atoms with Crippen molar-refractivity contribution in [2.24, 2.45) is 5.92 Å². The molecule has 1 unspecified atom stereocenters. The lowest BCUT2D eigenvalue weighted by Gasteiger charge is -2.09. The third kappa shape index (κ3) is 3.42. The molecule has 0 saturated heterocycles. The van der Waals surface area contributed by atoms with Crippen LogP contribution < -0.4 is 9.47 Å². The normalized spacial score (nSPS) is 20.5. The first-order chi connectivity index (χ1) is 11.5. The molecule has 0 spiro atoms. The van der Waals surface area contributed by atoms with Crippen LogP contribution in [0.25, 0.3) is 11.3 Å². The first-order valence-electron chi connectivity index (χ1n) is 7.70. The largest absolute Gasteiger partial charge is 0.480 e. The highest BCUT2D eigenvalue weighted by atomic mass is 35.5. The Kier molecular flexibility index (Phi) is 4.82. The molecular weight excluding hydrogens is 332 g/mol. The maximum absolute atomic E-state index is 9.54. The monoisotopic (exact) mass is 350 g/mol. The average Bonchev–Trinajstić information content (AvgIpc) is 3.32. The van der Waals surface area contributed by atoms with E-state index in [0.717, 1.165) is 18.4 Å². The number of hydrogen-bond acceptors (Lipinski definition) is 7. The van der Waals surface area contributed by atoms with E-state index in [1.807, 2.05) is 6.07 Å². The number of methoxy groups -OCH3 is 2. The molecule has 3 atom stereocenters. The summed E-state index contributed by atoms with van der Waals surface area (Å²) >= 11 is 6.22. The third-order valence-electron chi connectivity index (χ3n) is 4.13. The molecular formula is C16H19ClN4O3. The van der Waals surface area contributed by atoms with Crippen LogP contribution in [0.1, 0.15) is 31.2 Å². The molecule has 1 N–H and O–H groups in total. The standard InChI is InChI=1S/C16H19ClN4O3/c1-8(22)4-9-5-10(9)11-6-13(20-21-14(11)17)12-7-18-16(24-3)19-15(12)23-2/h6-10,22H,4-5H2,1-3H3/t8?,9-,10+/m1/s1. The zero-order valence-corrected chi connectivity index (χ0v) is 14.5. The predicted molar refractivity (Wildman–Crippen MR) is 88.3 cm³/mol. The summed E-state index contributed by atoms with van der Waals surface area (Å²) in [6.07, 6.45) is 3.02. The van der Waals surface area contributed by atoms with Crippen LogP contribution in [0.2, 0.25) is 5.15 Å². The highest BCUT2D eigenvalue weighted by molar-refractivity contribution is 6.30. The van der Waals surface area contributed by atoms with E-state index in [9.17, 15) is 5.11 Å². The Morgan fingerprint density at radius 3 is 2.79 bits per heavy atom. The third-order valence-corrected chi connectivity index (χ3v) is 4.42. The number of aliphatic hydroxyl groups excluding tert-OH is 1. The molecule has 2 aromatic rings. The van der Waals surface area contributed by atoms with Crippen molar-refractivity contribution < 1.29 is 14.6 Å². The molecule has 1 aliphatic rings. The number of ether oxygens (including phenoxy) is 2. The summed E-state index contributed by atoms with van der Waals surface area (Å²) in [6, 6.07) is 2.12. The number of hydrogen-bond donors (Lipinski definition) is 1. The van der Waals surface area contributed by atoms with Crippen molar-refractivity contribution >= 4 is 11.6 Å². The van der Waals surface area contributed by atoms with Gasteiger partial charge in [0, 0.05) is 6.20 Å². The van der Waals surface area contributed by atoms with E-state index in [1.54, 1.807) is 13.1 Å². The van der Waals surface area contributed by atoms with Crippen molar-refractivity contribution in [1.82, 2.24) is 20.2 Å². The Hall–Kier alpha value is -1.99. The van der Waals surface area contributed by atoms with Crippen molar-refractivity contribution in [3.8, 4) is 23.1 Å². The summed E-state index contributed by atoms with van der Waals surface area (Å²) in [5, 5.41) is 18.1. The zero-order valence-electron chi connectivity index (χ0n) is 13.7. The van der Waals surface area contributed by atoms with Gasteiger partial charge in [0.25, 0.3) is 0 Å². The lowest BCUT2D eigenvalue weighted by atomic mass is 10.1. The van der Waals surface area contributed by atoms with Crippen LogP contribution in [-0.2, 0) is 0 Å². The molecule has 2 heterocycles. The van der Waals surface area contributed by atoms with E-state index in [1.165, 1.54) is 14.2 Å². The molecule has 7 nitrogen and oxygen atoms in total. The second-order valence-electron chi connectivity index (χ2n) is 5.94. The van der Waals surface area contributed by atoms with Crippen LogP contribution in [0.4, 0.5) is 0 Å². The topological polar surface area (TPSA) is 90.2 Å². The van der Waals surface area contributed by atoms with Crippen LogP contribution >= 0.6 is 11.6 Å². The maximum atomic E-state index is 9.54. The van der Waals surface area contributed by atoms with Gasteiger partial charge in [-0.25, -0.2) is 4.98 Å². The summed E-state index contributed by atoms with van der Waals surface area (Å²) in [7, 11) is 3.01. The average molecular weight is 351 g/mol. The van der Waals surface area contributed by atoms with Crippen molar-refractivity contribution in [3.63, 3.8) is 0 Å². The first kappa shape index (κ1) is 16.9. The smallest absolute Gasteiger partial charge is 0.319 e. The van der Waals surface area contributed by atoms with Gasteiger partial charge in [0.1, 0.15) is 5.69 Å². The number of aliphatic hydroxyl groups is 1. The van der Waals surface area contributed by atoms with E-state index in [0.29, 0.717) is 34.1 Å². The van der Waals surface area contributed by atoms with Crippen LogP contribution in [0.5, 0.6) is 11.9 Å². The Bertz CT molecular complexity index is 741. The van der Waals surface area contributed by atoms with Crippen molar-refractivity contribution in [2.45, 2.75) is 31.8 Å². The minimum absolute atomic E-state index is 0.219. The molecule has 1 fully saturated rings. The van der Waals surface area contributed by atoms with Crippen molar-refractivity contribution in [1.29, 1.82) is 0 Å². The molecule has 24 heavy (non-hydrogen) atoms. The van der Waals surface area contributed by atoms with E-state index >= 15 is 0 Å². The van der Waals surface area contributed by atoms with Gasteiger partial charge in [0.2, 0.25) is 5.88 Å². The molecule has 0 aromatic carbocycles. The lowest BCUT2D eigenvalue weighted by Crippen LogP contribution is -2.02. The number of halogens is 1. The van der Waals surface area contributed by atoms with E-state index in [4.69, 9.17) is 21.1 Å². The number of rotatable bonds is 6. The Morgan fingerprint density at radius 1 is 1.33 bits per heavy atom. The lowest BCUT2D eigenvalue weighted by molar-refractivity contribution is 0.176. The molecule has 0 bridgehead atoms. The van der Waals surface area contributed by atoms with Crippen LogP contribution in [0, 0.1) is 5.92 Å².